The lowest BCUT2D eigenvalue weighted by Gasteiger charge is -2.03. The minimum absolute atomic E-state index is 0.0390. The highest BCUT2D eigenvalue weighted by Gasteiger charge is 2.22. The average Bonchev–Trinajstić information content (AvgIpc) is 3.24. The summed E-state index contributed by atoms with van der Waals surface area (Å²) in [6.07, 6.45) is 4.91. The number of nitrogens with two attached hydrogens (primary N) is 1. The first kappa shape index (κ1) is 16.7. The zero-order valence-electron chi connectivity index (χ0n) is 13.2. The Morgan fingerprint density at radius 3 is 3.08 bits per heavy atom. The quantitative estimate of drug-likeness (QED) is 0.317. The van der Waals surface area contributed by atoms with Gasteiger partial charge in [-0.1, -0.05) is 17.8 Å². The molecule has 3 heterocycles. The van der Waals surface area contributed by atoms with Gasteiger partial charge in [-0.15, -0.1) is 0 Å². The van der Waals surface area contributed by atoms with Crippen LogP contribution in [0.5, 0.6) is 0 Å². The third kappa shape index (κ3) is 3.38. The smallest absolute Gasteiger partial charge is 0.372 e. The first-order valence-corrected chi connectivity index (χ1v) is 8.56. The Morgan fingerprint density at radius 1 is 1.48 bits per heavy atom. The molecule has 11 heteroatoms. The zero-order valence-corrected chi connectivity index (χ0v) is 14.0. The van der Waals surface area contributed by atoms with Gasteiger partial charge in [-0.3, -0.25) is 5.10 Å². The van der Waals surface area contributed by atoms with Crippen molar-refractivity contribution in [3.63, 3.8) is 0 Å². The maximum Gasteiger partial charge on any atom is 0.372 e. The number of imidazole rings is 1. The molecule has 0 fully saturated rings. The van der Waals surface area contributed by atoms with Gasteiger partial charge in [-0.05, 0) is 24.2 Å². The van der Waals surface area contributed by atoms with Crippen LogP contribution in [0.2, 0.25) is 0 Å². The number of nitrogens with one attached hydrogen (secondary N) is 2. The molecule has 0 aliphatic carbocycles. The third-order valence-corrected chi connectivity index (χ3v) is 4.54. The second kappa shape index (κ2) is 7.18. The first-order valence-electron chi connectivity index (χ1n) is 7.68. The molecule has 0 spiro atoms. The predicted octanol–water partition coefficient (Wildman–Crippen LogP) is 2.31. The van der Waals surface area contributed by atoms with Gasteiger partial charge in [-0.25, -0.2) is 0 Å². The fourth-order valence-corrected chi connectivity index (χ4v) is 3.29. The van der Waals surface area contributed by atoms with E-state index in [0.717, 1.165) is 25.0 Å². The van der Waals surface area contributed by atoms with E-state index in [1.165, 1.54) is 15.7 Å². The SMILES string of the molecule is N#Cc1c(N)n[nH]c1CCCCCNc1nc2sccn2c1[N+](=O)[O-]. The van der Waals surface area contributed by atoms with Gasteiger partial charge in [0.1, 0.15) is 17.8 Å². The Kier molecular flexibility index (Phi) is 4.80. The number of aryl methyl sites for hydroxylation is 1. The summed E-state index contributed by atoms with van der Waals surface area (Å²) in [5, 5.41) is 31.6. The summed E-state index contributed by atoms with van der Waals surface area (Å²) in [6.45, 7) is 0.585. The monoisotopic (exact) mass is 360 g/mol. The summed E-state index contributed by atoms with van der Waals surface area (Å²) >= 11 is 1.35. The number of hydrogen-bond acceptors (Lipinski definition) is 8. The molecule has 0 saturated carbocycles. The second-order valence-corrected chi connectivity index (χ2v) is 6.28. The molecular formula is C14H16N8O2S. The lowest BCUT2D eigenvalue weighted by molar-refractivity contribution is -0.389. The van der Waals surface area contributed by atoms with Crippen molar-refractivity contribution in [3.05, 3.63) is 32.9 Å². The van der Waals surface area contributed by atoms with Gasteiger partial charge in [0.05, 0.1) is 5.69 Å². The molecule has 0 aliphatic rings. The molecular weight excluding hydrogens is 344 g/mol. The maximum absolute atomic E-state index is 11.2. The zero-order chi connectivity index (χ0) is 17.8. The van der Waals surface area contributed by atoms with Crippen LogP contribution >= 0.6 is 11.3 Å². The third-order valence-electron chi connectivity index (χ3n) is 3.79. The van der Waals surface area contributed by atoms with Crippen molar-refractivity contribution in [1.29, 1.82) is 5.26 Å². The number of aromatic nitrogens is 4. The molecule has 0 aliphatic heterocycles. The van der Waals surface area contributed by atoms with Crippen LogP contribution in [0, 0.1) is 21.4 Å². The second-order valence-electron chi connectivity index (χ2n) is 5.41. The fourth-order valence-electron chi connectivity index (χ4n) is 2.58. The number of fused-ring (bicyclic) bond motifs is 1. The number of anilines is 2. The van der Waals surface area contributed by atoms with Gasteiger partial charge in [0.2, 0.25) is 5.82 Å². The van der Waals surface area contributed by atoms with Crippen molar-refractivity contribution in [2.45, 2.75) is 25.7 Å². The molecule has 10 nitrogen and oxygen atoms in total. The molecule has 0 amide bonds. The number of nitro groups is 1. The van der Waals surface area contributed by atoms with Crippen LogP contribution in [-0.4, -0.2) is 31.1 Å². The molecule has 0 atom stereocenters. The first-order chi connectivity index (χ1) is 12.1. The molecule has 0 bridgehead atoms. The lowest BCUT2D eigenvalue weighted by atomic mass is 10.1. The van der Waals surface area contributed by atoms with E-state index in [2.05, 4.69) is 20.5 Å². The number of H-pyrrole nitrogens is 1. The Bertz CT molecular complexity index is 935. The van der Waals surface area contributed by atoms with Crippen LogP contribution in [0.25, 0.3) is 4.96 Å². The molecule has 130 valence electrons. The van der Waals surface area contributed by atoms with Gasteiger partial charge in [0.15, 0.2) is 5.82 Å². The molecule has 0 aromatic carbocycles. The number of hydrogen-bond donors (Lipinski definition) is 3. The number of nitriles is 1. The van der Waals surface area contributed by atoms with Crippen molar-refractivity contribution in [2.75, 3.05) is 17.6 Å². The number of nitrogens with zero attached hydrogens (tertiary/aromatic N) is 5. The summed E-state index contributed by atoms with van der Waals surface area (Å²) in [6, 6.07) is 2.04. The molecule has 25 heavy (non-hydrogen) atoms. The van der Waals surface area contributed by atoms with Gasteiger partial charge in [0.25, 0.3) is 4.96 Å². The summed E-state index contributed by atoms with van der Waals surface area (Å²) in [5.74, 6) is 0.485. The maximum atomic E-state index is 11.2. The molecule has 3 aromatic rings. The van der Waals surface area contributed by atoms with Crippen LogP contribution in [0.4, 0.5) is 17.5 Å². The van der Waals surface area contributed by atoms with Gasteiger partial charge >= 0.3 is 5.82 Å². The van der Waals surface area contributed by atoms with E-state index in [1.54, 1.807) is 11.6 Å². The highest BCUT2D eigenvalue weighted by atomic mass is 32.1. The number of nitrogen functional groups attached to an aromatic ring is 1. The Labute approximate surface area is 146 Å². The minimum atomic E-state index is -0.429. The summed E-state index contributed by atoms with van der Waals surface area (Å²) < 4.78 is 1.47. The van der Waals surface area contributed by atoms with Crippen molar-refractivity contribution in [3.8, 4) is 6.07 Å². The number of thiazole rings is 1. The largest absolute Gasteiger partial charge is 0.381 e. The topological polar surface area (TPSA) is 151 Å². The van der Waals surface area contributed by atoms with E-state index in [0.29, 0.717) is 29.3 Å². The van der Waals surface area contributed by atoms with E-state index in [4.69, 9.17) is 11.0 Å². The summed E-state index contributed by atoms with van der Waals surface area (Å²) in [4.78, 5) is 15.6. The minimum Gasteiger partial charge on any atom is -0.381 e. The molecule has 3 rings (SSSR count). The van der Waals surface area contributed by atoms with Crippen molar-refractivity contribution < 1.29 is 4.92 Å². The van der Waals surface area contributed by atoms with Crippen LogP contribution < -0.4 is 11.1 Å². The van der Waals surface area contributed by atoms with Gasteiger partial charge in [0, 0.05) is 11.9 Å². The van der Waals surface area contributed by atoms with E-state index in [9.17, 15) is 10.1 Å². The van der Waals surface area contributed by atoms with Crippen LogP contribution in [0.15, 0.2) is 11.6 Å². The molecule has 3 aromatic heterocycles. The molecule has 4 N–H and O–H groups in total. The number of aromatic amines is 1. The molecule has 0 radical (unpaired) electrons. The average molecular weight is 360 g/mol. The van der Waals surface area contributed by atoms with E-state index >= 15 is 0 Å². The Balaban J connectivity index is 1.48. The standard InChI is InChI=1S/C14H16N8O2S/c15-8-9-10(19-20-11(9)16)4-2-1-3-5-17-12-13(22(23)24)21-6-7-25-14(21)18-12/h6-7,17H,1-5H2,(H3,16,19,20). The van der Waals surface area contributed by atoms with E-state index in [1.807, 2.05) is 6.07 Å². The fraction of sp³-hybridized carbons (Fsp3) is 0.357. The summed E-state index contributed by atoms with van der Waals surface area (Å²) in [7, 11) is 0. The predicted molar refractivity (Wildman–Crippen MR) is 93.5 cm³/mol. The van der Waals surface area contributed by atoms with E-state index < -0.39 is 4.92 Å². The Hall–Kier alpha value is -3.13. The number of rotatable bonds is 8. The van der Waals surface area contributed by atoms with Crippen molar-refractivity contribution in [2.24, 2.45) is 0 Å². The van der Waals surface area contributed by atoms with Crippen molar-refractivity contribution >= 4 is 33.8 Å². The summed E-state index contributed by atoms with van der Waals surface area (Å²) in [5.41, 5.74) is 6.75. The number of unbranched alkanes of at least 4 members (excludes halogenated alkanes) is 2. The van der Waals surface area contributed by atoms with Gasteiger partial charge in [-0.2, -0.15) is 19.7 Å². The highest BCUT2D eigenvalue weighted by molar-refractivity contribution is 7.15. The van der Waals surface area contributed by atoms with Gasteiger partial charge < -0.3 is 21.2 Å². The molecule has 0 unspecified atom stereocenters. The normalized spacial score (nSPS) is 10.8. The lowest BCUT2D eigenvalue weighted by Crippen LogP contribution is -2.05. The van der Waals surface area contributed by atoms with Crippen LogP contribution in [0.3, 0.4) is 0 Å². The van der Waals surface area contributed by atoms with E-state index in [-0.39, 0.29) is 11.6 Å². The Morgan fingerprint density at radius 2 is 2.32 bits per heavy atom. The van der Waals surface area contributed by atoms with Crippen LogP contribution in [0.1, 0.15) is 30.5 Å². The van der Waals surface area contributed by atoms with Crippen molar-refractivity contribution in [1.82, 2.24) is 19.6 Å². The van der Waals surface area contributed by atoms with Crippen LogP contribution in [-0.2, 0) is 6.42 Å². The molecule has 0 saturated heterocycles. The highest BCUT2D eigenvalue weighted by Crippen LogP contribution is 2.27.